The highest BCUT2D eigenvalue weighted by atomic mass is 16.6. The summed E-state index contributed by atoms with van der Waals surface area (Å²) in [6.45, 7) is 5.76. The number of alkyl carbamates (subject to hydrolysis) is 1. The molecule has 0 spiro atoms. The summed E-state index contributed by atoms with van der Waals surface area (Å²) in [6, 6.07) is 0.0146. The lowest BCUT2D eigenvalue weighted by atomic mass is 10.1. The molecule has 1 fully saturated rings. The fraction of sp³-hybridized carbons (Fsp3) is 0.900. The molecule has 0 aromatic rings. The van der Waals surface area contributed by atoms with Crippen LogP contribution in [0.25, 0.3) is 0 Å². The second kappa shape index (κ2) is 4.17. The van der Waals surface area contributed by atoms with Gasteiger partial charge < -0.3 is 15.8 Å². The van der Waals surface area contributed by atoms with Crippen LogP contribution in [-0.2, 0) is 4.74 Å². The van der Waals surface area contributed by atoms with E-state index >= 15 is 0 Å². The number of rotatable bonds is 1. The number of carbonyl (C=O) groups excluding carboxylic acids is 1. The number of amides is 1. The van der Waals surface area contributed by atoms with Gasteiger partial charge in [0.1, 0.15) is 6.10 Å². The number of ether oxygens (including phenoxy) is 1. The van der Waals surface area contributed by atoms with Gasteiger partial charge in [-0.05, 0) is 40.0 Å². The van der Waals surface area contributed by atoms with Crippen molar-refractivity contribution in [3.63, 3.8) is 0 Å². The summed E-state index contributed by atoms with van der Waals surface area (Å²) in [6.07, 6.45) is 2.43. The van der Waals surface area contributed by atoms with Crippen molar-refractivity contribution >= 4 is 6.09 Å². The predicted molar refractivity (Wildman–Crippen MR) is 55.0 cm³/mol. The zero-order valence-electron chi connectivity index (χ0n) is 9.17. The van der Waals surface area contributed by atoms with Crippen molar-refractivity contribution in [3.8, 4) is 0 Å². The van der Waals surface area contributed by atoms with Gasteiger partial charge in [-0.15, -0.1) is 0 Å². The Bertz CT molecular complexity index is 211. The molecule has 1 aliphatic rings. The Kier molecular flexibility index (Phi) is 3.37. The summed E-state index contributed by atoms with van der Waals surface area (Å²) in [5, 5.41) is 2.75. The molecular weight excluding hydrogens is 180 g/mol. The van der Waals surface area contributed by atoms with E-state index < -0.39 is 0 Å². The van der Waals surface area contributed by atoms with E-state index in [1.165, 1.54) is 0 Å². The van der Waals surface area contributed by atoms with Crippen molar-refractivity contribution in [1.82, 2.24) is 5.32 Å². The molecule has 0 aromatic carbocycles. The van der Waals surface area contributed by atoms with Gasteiger partial charge in [0.2, 0.25) is 0 Å². The van der Waals surface area contributed by atoms with Crippen LogP contribution < -0.4 is 11.1 Å². The van der Waals surface area contributed by atoms with Crippen molar-refractivity contribution < 1.29 is 9.53 Å². The molecule has 4 nitrogen and oxygen atoms in total. The minimum Gasteiger partial charge on any atom is -0.445 e. The summed E-state index contributed by atoms with van der Waals surface area (Å²) in [5.74, 6) is 0. The van der Waals surface area contributed by atoms with Crippen LogP contribution in [-0.4, -0.2) is 23.8 Å². The summed E-state index contributed by atoms with van der Waals surface area (Å²) in [5.41, 5.74) is 5.54. The average molecular weight is 200 g/mol. The van der Waals surface area contributed by atoms with Crippen LogP contribution in [0.2, 0.25) is 0 Å². The Morgan fingerprint density at radius 2 is 2.07 bits per heavy atom. The minimum absolute atomic E-state index is 0.0146. The Hall–Kier alpha value is -0.770. The number of carbonyl (C=O) groups is 1. The van der Waals surface area contributed by atoms with Crippen molar-refractivity contribution in [2.75, 3.05) is 0 Å². The average Bonchev–Trinajstić information content (AvgIpc) is 2.32. The maximum absolute atomic E-state index is 11.4. The molecule has 1 aliphatic carbocycles. The van der Waals surface area contributed by atoms with E-state index in [4.69, 9.17) is 10.5 Å². The molecule has 2 atom stereocenters. The first kappa shape index (κ1) is 11.3. The lowest BCUT2D eigenvalue weighted by Gasteiger charge is -2.23. The third-order valence-electron chi connectivity index (χ3n) is 2.24. The predicted octanol–water partition coefficient (Wildman–Crippen LogP) is 1.39. The molecule has 0 radical (unpaired) electrons. The van der Waals surface area contributed by atoms with Gasteiger partial charge in [0, 0.05) is 11.6 Å². The van der Waals surface area contributed by atoms with Crippen LogP contribution in [0.5, 0.6) is 0 Å². The van der Waals surface area contributed by atoms with Crippen LogP contribution in [0.3, 0.4) is 0 Å². The molecule has 0 aliphatic heterocycles. The van der Waals surface area contributed by atoms with Crippen LogP contribution in [0.1, 0.15) is 40.0 Å². The molecule has 0 bridgehead atoms. The third-order valence-corrected chi connectivity index (χ3v) is 2.24. The monoisotopic (exact) mass is 200 g/mol. The zero-order chi connectivity index (χ0) is 10.8. The Morgan fingerprint density at radius 3 is 2.50 bits per heavy atom. The Labute approximate surface area is 85.2 Å². The maximum atomic E-state index is 11.4. The number of nitrogens with one attached hydrogen (secondary N) is 1. The topological polar surface area (TPSA) is 64.3 Å². The third kappa shape index (κ3) is 3.54. The van der Waals surface area contributed by atoms with Crippen molar-refractivity contribution in [1.29, 1.82) is 0 Å². The van der Waals surface area contributed by atoms with Crippen LogP contribution >= 0.6 is 0 Å². The first-order valence-corrected chi connectivity index (χ1v) is 5.13. The van der Waals surface area contributed by atoms with E-state index in [1.54, 1.807) is 0 Å². The molecule has 14 heavy (non-hydrogen) atoms. The van der Waals surface area contributed by atoms with Crippen LogP contribution in [0.15, 0.2) is 0 Å². The van der Waals surface area contributed by atoms with E-state index in [2.05, 4.69) is 5.32 Å². The lowest BCUT2D eigenvalue weighted by Crippen LogP contribution is -2.44. The molecule has 1 rings (SSSR count). The van der Waals surface area contributed by atoms with E-state index in [0.717, 1.165) is 19.3 Å². The smallest absolute Gasteiger partial charge is 0.407 e. The van der Waals surface area contributed by atoms with Crippen molar-refractivity contribution in [2.24, 2.45) is 5.73 Å². The van der Waals surface area contributed by atoms with E-state index in [-0.39, 0.29) is 23.8 Å². The molecule has 0 saturated heterocycles. The fourth-order valence-corrected chi connectivity index (χ4v) is 1.57. The van der Waals surface area contributed by atoms with Gasteiger partial charge in [0.25, 0.3) is 0 Å². The summed E-state index contributed by atoms with van der Waals surface area (Å²) in [7, 11) is 0. The quantitative estimate of drug-likeness (QED) is 0.672. The minimum atomic E-state index is -0.361. The molecule has 1 amide bonds. The van der Waals surface area contributed by atoms with Gasteiger partial charge in [-0.2, -0.15) is 0 Å². The number of nitrogens with two attached hydrogens (primary N) is 1. The summed E-state index contributed by atoms with van der Waals surface area (Å²) in [4.78, 5) is 11.4. The van der Waals surface area contributed by atoms with Crippen molar-refractivity contribution in [2.45, 2.75) is 57.7 Å². The first-order chi connectivity index (χ1) is 6.38. The van der Waals surface area contributed by atoms with Crippen molar-refractivity contribution in [3.05, 3.63) is 0 Å². The van der Waals surface area contributed by atoms with Crippen LogP contribution in [0.4, 0.5) is 4.79 Å². The molecule has 0 aromatic heterocycles. The largest absolute Gasteiger partial charge is 0.445 e. The zero-order valence-corrected chi connectivity index (χ0v) is 9.17. The molecule has 0 heterocycles. The van der Waals surface area contributed by atoms with E-state index in [1.807, 2.05) is 20.8 Å². The fourth-order valence-electron chi connectivity index (χ4n) is 1.57. The number of hydrogen-bond acceptors (Lipinski definition) is 3. The molecule has 3 N–H and O–H groups in total. The van der Waals surface area contributed by atoms with Crippen LogP contribution in [0, 0.1) is 0 Å². The molecule has 1 saturated carbocycles. The van der Waals surface area contributed by atoms with Gasteiger partial charge in [-0.25, -0.2) is 4.79 Å². The van der Waals surface area contributed by atoms with E-state index in [0.29, 0.717) is 0 Å². The standard InChI is InChI=1S/C10H20N2O2/c1-10(2,3)12-9(13)14-8-6-4-5-7(8)11/h7-8H,4-6,11H2,1-3H3,(H,12,13)/t7-,8+/m0/s1. The lowest BCUT2D eigenvalue weighted by molar-refractivity contribution is 0.0866. The Morgan fingerprint density at radius 1 is 1.43 bits per heavy atom. The van der Waals surface area contributed by atoms with E-state index in [9.17, 15) is 4.79 Å². The summed E-state index contributed by atoms with van der Waals surface area (Å²) < 4.78 is 5.22. The SMILES string of the molecule is CC(C)(C)NC(=O)O[C@@H]1CCC[C@@H]1N. The molecular formula is C10H20N2O2. The highest BCUT2D eigenvalue weighted by Crippen LogP contribution is 2.20. The second-order valence-electron chi connectivity index (χ2n) is 4.91. The van der Waals surface area contributed by atoms with Gasteiger partial charge in [0.05, 0.1) is 0 Å². The Balaban J connectivity index is 2.33. The molecule has 82 valence electrons. The highest BCUT2D eigenvalue weighted by molar-refractivity contribution is 5.68. The van der Waals surface area contributed by atoms with Gasteiger partial charge in [-0.1, -0.05) is 0 Å². The summed E-state index contributed by atoms with van der Waals surface area (Å²) >= 11 is 0. The first-order valence-electron chi connectivity index (χ1n) is 5.13. The second-order valence-corrected chi connectivity index (χ2v) is 4.91. The van der Waals surface area contributed by atoms with Gasteiger partial charge in [-0.3, -0.25) is 0 Å². The molecule has 0 unspecified atom stereocenters. The highest BCUT2D eigenvalue weighted by Gasteiger charge is 2.28. The maximum Gasteiger partial charge on any atom is 0.407 e. The number of hydrogen-bond donors (Lipinski definition) is 2. The van der Waals surface area contributed by atoms with Gasteiger partial charge in [0.15, 0.2) is 0 Å². The normalized spacial score (nSPS) is 27.4. The molecule has 4 heteroatoms. The van der Waals surface area contributed by atoms with Gasteiger partial charge >= 0.3 is 6.09 Å².